The van der Waals surface area contributed by atoms with Gasteiger partial charge in [0, 0.05) is 5.56 Å². The average Bonchev–Trinajstić information content (AvgIpc) is 2.51. The fourth-order valence-electron chi connectivity index (χ4n) is 1.42. The summed E-state index contributed by atoms with van der Waals surface area (Å²) in [6.07, 6.45) is -0.798. The van der Waals surface area contributed by atoms with Gasteiger partial charge in [-0.15, -0.1) is 0 Å². The minimum atomic E-state index is -0.798. The number of esters is 1. The van der Waals surface area contributed by atoms with Crippen molar-refractivity contribution in [2.24, 2.45) is 0 Å². The lowest BCUT2D eigenvalue weighted by Gasteiger charge is -2.20. The molecule has 1 aromatic rings. The number of carbonyl (C=O) groups excluding carboxylic acids is 2. The van der Waals surface area contributed by atoms with Crippen LogP contribution in [-0.2, 0) is 20.8 Å². The Balaban J connectivity index is 0.00000191. The second-order valence-corrected chi connectivity index (χ2v) is 3.68. The standard InChI is InChI=1S/C12H14FNO5.C2H6/c1-18-11(16)7-14(12(17)19-2)6-8-5-9(15)3-4-10(8)13;1-2/h3-5,15H,6-7H2,1-2H3;1-2H3. The number of benzene rings is 1. The summed E-state index contributed by atoms with van der Waals surface area (Å²) < 4.78 is 22.4. The van der Waals surface area contributed by atoms with Crippen molar-refractivity contribution < 1.29 is 28.6 Å². The molecule has 1 amide bonds. The normalized spacial score (nSPS) is 9.19. The van der Waals surface area contributed by atoms with Crippen molar-refractivity contribution >= 4 is 12.1 Å². The molecule has 0 spiro atoms. The molecular weight excluding hydrogens is 281 g/mol. The molecule has 7 heteroatoms. The van der Waals surface area contributed by atoms with E-state index in [1.165, 1.54) is 19.2 Å². The molecule has 0 radical (unpaired) electrons. The van der Waals surface area contributed by atoms with Crippen molar-refractivity contribution in [3.63, 3.8) is 0 Å². The molecule has 0 aromatic heterocycles. The summed E-state index contributed by atoms with van der Waals surface area (Å²) in [7, 11) is 2.32. The van der Waals surface area contributed by atoms with Gasteiger partial charge in [0.05, 0.1) is 20.8 Å². The molecule has 0 fully saturated rings. The maximum Gasteiger partial charge on any atom is 0.410 e. The van der Waals surface area contributed by atoms with Crippen LogP contribution in [0.1, 0.15) is 19.4 Å². The molecule has 0 aliphatic heterocycles. The molecule has 0 saturated carbocycles. The van der Waals surface area contributed by atoms with Crippen LogP contribution in [0.5, 0.6) is 5.75 Å². The van der Waals surface area contributed by atoms with Gasteiger partial charge < -0.3 is 14.6 Å². The predicted octanol–water partition coefficient (Wildman–Crippen LogP) is 2.30. The molecule has 1 aromatic carbocycles. The first-order chi connectivity index (χ1) is 9.97. The fraction of sp³-hybridized carbons (Fsp3) is 0.429. The maximum absolute atomic E-state index is 13.5. The van der Waals surface area contributed by atoms with E-state index in [0.29, 0.717) is 0 Å². The zero-order chi connectivity index (χ0) is 16.4. The van der Waals surface area contributed by atoms with Crippen molar-refractivity contribution in [2.45, 2.75) is 20.4 Å². The van der Waals surface area contributed by atoms with Crippen molar-refractivity contribution in [2.75, 3.05) is 20.8 Å². The zero-order valence-electron chi connectivity index (χ0n) is 12.6. The van der Waals surface area contributed by atoms with Gasteiger partial charge in [-0.1, -0.05) is 13.8 Å². The maximum atomic E-state index is 13.5. The topological polar surface area (TPSA) is 76.1 Å². The molecule has 0 saturated heterocycles. The number of aromatic hydroxyl groups is 1. The van der Waals surface area contributed by atoms with Crippen LogP contribution in [-0.4, -0.2) is 42.8 Å². The third kappa shape index (κ3) is 6.11. The number of hydrogen-bond acceptors (Lipinski definition) is 5. The number of amides is 1. The number of methoxy groups -OCH3 is 2. The fourth-order valence-corrected chi connectivity index (χ4v) is 1.42. The van der Waals surface area contributed by atoms with Crippen molar-refractivity contribution in [1.29, 1.82) is 0 Å². The van der Waals surface area contributed by atoms with Crippen LogP contribution in [0.3, 0.4) is 0 Å². The van der Waals surface area contributed by atoms with Gasteiger partial charge in [-0.2, -0.15) is 0 Å². The van der Waals surface area contributed by atoms with E-state index in [9.17, 15) is 19.1 Å². The van der Waals surface area contributed by atoms with Gasteiger partial charge in [0.15, 0.2) is 0 Å². The van der Waals surface area contributed by atoms with E-state index in [4.69, 9.17) is 0 Å². The van der Waals surface area contributed by atoms with Crippen molar-refractivity contribution in [3.8, 4) is 5.75 Å². The SMILES string of the molecule is CC.COC(=O)CN(Cc1cc(O)ccc1F)C(=O)OC. The summed E-state index contributed by atoms with van der Waals surface area (Å²) in [5.74, 6) is -1.40. The minimum Gasteiger partial charge on any atom is -0.508 e. The third-order valence-electron chi connectivity index (χ3n) is 2.37. The molecule has 0 atom stereocenters. The van der Waals surface area contributed by atoms with E-state index in [1.807, 2.05) is 13.8 Å². The quantitative estimate of drug-likeness (QED) is 0.864. The molecular formula is C14H20FNO5. The number of phenols is 1. The van der Waals surface area contributed by atoms with Gasteiger partial charge in [0.1, 0.15) is 18.1 Å². The van der Waals surface area contributed by atoms with Gasteiger partial charge in [-0.3, -0.25) is 9.69 Å². The average molecular weight is 301 g/mol. The second kappa shape index (κ2) is 9.57. The van der Waals surface area contributed by atoms with E-state index >= 15 is 0 Å². The number of carbonyl (C=O) groups is 2. The van der Waals surface area contributed by atoms with Gasteiger partial charge in [0.2, 0.25) is 0 Å². The molecule has 21 heavy (non-hydrogen) atoms. The summed E-state index contributed by atoms with van der Waals surface area (Å²) in [5, 5.41) is 9.28. The zero-order valence-corrected chi connectivity index (χ0v) is 12.6. The van der Waals surface area contributed by atoms with Crippen LogP contribution in [0.15, 0.2) is 18.2 Å². The number of rotatable bonds is 4. The highest BCUT2D eigenvalue weighted by atomic mass is 19.1. The van der Waals surface area contributed by atoms with Crippen LogP contribution in [0.4, 0.5) is 9.18 Å². The van der Waals surface area contributed by atoms with E-state index in [-0.39, 0.29) is 24.4 Å². The highest BCUT2D eigenvalue weighted by molar-refractivity contribution is 5.77. The third-order valence-corrected chi connectivity index (χ3v) is 2.37. The highest BCUT2D eigenvalue weighted by Gasteiger charge is 2.20. The predicted molar refractivity (Wildman–Crippen MR) is 74.2 cm³/mol. The number of hydrogen-bond donors (Lipinski definition) is 1. The van der Waals surface area contributed by atoms with Crippen LogP contribution < -0.4 is 0 Å². The Morgan fingerprint density at radius 2 is 1.86 bits per heavy atom. The van der Waals surface area contributed by atoms with E-state index in [2.05, 4.69) is 9.47 Å². The summed E-state index contributed by atoms with van der Waals surface area (Å²) in [4.78, 5) is 23.6. The minimum absolute atomic E-state index is 0.0642. The summed E-state index contributed by atoms with van der Waals surface area (Å²) in [6.45, 7) is 3.40. The first-order valence-corrected chi connectivity index (χ1v) is 6.35. The molecule has 1 rings (SSSR count). The molecule has 0 unspecified atom stereocenters. The summed E-state index contributed by atoms with van der Waals surface area (Å²) in [6, 6.07) is 3.42. The molecule has 0 heterocycles. The lowest BCUT2D eigenvalue weighted by molar-refractivity contribution is -0.141. The molecule has 0 bridgehead atoms. The Kier molecular flexibility index (Phi) is 8.52. The Labute approximate surface area is 123 Å². The molecule has 6 nitrogen and oxygen atoms in total. The van der Waals surface area contributed by atoms with Gasteiger partial charge in [-0.05, 0) is 18.2 Å². The highest BCUT2D eigenvalue weighted by Crippen LogP contribution is 2.17. The molecule has 118 valence electrons. The summed E-state index contributed by atoms with van der Waals surface area (Å²) in [5.41, 5.74) is 0.0642. The van der Waals surface area contributed by atoms with E-state index in [1.54, 1.807) is 0 Å². The Morgan fingerprint density at radius 1 is 1.24 bits per heavy atom. The molecule has 0 aliphatic carbocycles. The Morgan fingerprint density at radius 3 is 2.38 bits per heavy atom. The first kappa shape index (κ1) is 18.7. The number of phenolic OH excluding ortho intramolecular Hbond substituents is 1. The van der Waals surface area contributed by atoms with Crippen molar-refractivity contribution in [3.05, 3.63) is 29.6 Å². The Hall–Kier alpha value is -2.31. The van der Waals surface area contributed by atoms with E-state index < -0.39 is 17.9 Å². The number of nitrogens with zero attached hydrogens (tertiary/aromatic N) is 1. The second-order valence-electron chi connectivity index (χ2n) is 3.68. The number of ether oxygens (including phenoxy) is 2. The van der Waals surface area contributed by atoms with Crippen molar-refractivity contribution in [1.82, 2.24) is 4.90 Å². The molecule has 0 aliphatic rings. The smallest absolute Gasteiger partial charge is 0.410 e. The molecule has 1 N–H and O–H groups in total. The van der Waals surface area contributed by atoms with Gasteiger partial charge >= 0.3 is 12.1 Å². The largest absolute Gasteiger partial charge is 0.508 e. The summed E-state index contributed by atoms with van der Waals surface area (Å²) >= 11 is 0. The van der Waals surface area contributed by atoms with Crippen LogP contribution in [0, 0.1) is 5.82 Å². The Bertz CT molecular complexity index is 478. The van der Waals surface area contributed by atoms with Crippen LogP contribution >= 0.6 is 0 Å². The number of halogens is 1. The monoisotopic (exact) mass is 301 g/mol. The van der Waals surface area contributed by atoms with Crippen LogP contribution in [0.2, 0.25) is 0 Å². The van der Waals surface area contributed by atoms with E-state index in [0.717, 1.165) is 18.1 Å². The van der Waals surface area contributed by atoms with Crippen LogP contribution in [0.25, 0.3) is 0 Å². The van der Waals surface area contributed by atoms with Gasteiger partial charge in [0.25, 0.3) is 0 Å². The van der Waals surface area contributed by atoms with Gasteiger partial charge in [-0.25, -0.2) is 9.18 Å². The first-order valence-electron chi connectivity index (χ1n) is 6.35. The lowest BCUT2D eigenvalue weighted by Crippen LogP contribution is -2.35. The lowest BCUT2D eigenvalue weighted by atomic mass is 10.2.